The van der Waals surface area contributed by atoms with Crippen molar-refractivity contribution in [1.82, 2.24) is 0 Å². The van der Waals surface area contributed by atoms with Gasteiger partial charge in [0.2, 0.25) is 0 Å². The van der Waals surface area contributed by atoms with E-state index in [1.165, 1.54) is 12.1 Å². The Morgan fingerprint density at radius 2 is 1.87 bits per heavy atom. The molecule has 1 aromatic rings. The van der Waals surface area contributed by atoms with Crippen LogP contribution in [-0.2, 0) is 14.6 Å². The highest BCUT2D eigenvalue weighted by atomic mass is 35.5. The van der Waals surface area contributed by atoms with Gasteiger partial charge < -0.3 is 5.11 Å². The first kappa shape index (κ1) is 12.3. The SMILES string of the molecule is O=C(O)CS(=O)(=O)c1ccc(Cl)c(Cl)c1. The maximum atomic E-state index is 11.4. The van der Waals surface area contributed by atoms with Gasteiger partial charge in [0.05, 0.1) is 14.9 Å². The summed E-state index contributed by atoms with van der Waals surface area (Å²) in [6.07, 6.45) is 0. The Balaban J connectivity index is 3.17. The number of carboxylic acid groups (broad SMARTS) is 1. The summed E-state index contributed by atoms with van der Waals surface area (Å²) in [5, 5.41) is 8.68. The molecule has 0 aromatic heterocycles. The van der Waals surface area contributed by atoms with Crippen molar-refractivity contribution in [3.05, 3.63) is 28.2 Å². The molecule has 0 fully saturated rings. The number of hydrogen-bond acceptors (Lipinski definition) is 3. The highest BCUT2D eigenvalue weighted by molar-refractivity contribution is 7.92. The monoisotopic (exact) mass is 268 g/mol. The fraction of sp³-hybridized carbons (Fsp3) is 0.125. The molecule has 0 bridgehead atoms. The maximum absolute atomic E-state index is 11.4. The number of sulfone groups is 1. The topological polar surface area (TPSA) is 71.4 Å². The van der Waals surface area contributed by atoms with Gasteiger partial charge in [0.25, 0.3) is 0 Å². The van der Waals surface area contributed by atoms with Gasteiger partial charge in [-0.05, 0) is 18.2 Å². The van der Waals surface area contributed by atoms with E-state index in [1.54, 1.807) is 0 Å². The van der Waals surface area contributed by atoms with Crippen LogP contribution >= 0.6 is 23.2 Å². The van der Waals surface area contributed by atoms with Crippen molar-refractivity contribution in [1.29, 1.82) is 0 Å². The lowest BCUT2D eigenvalue weighted by Gasteiger charge is -2.02. The third-order valence-electron chi connectivity index (χ3n) is 1.56. The summed E-state index contributed by atoms with van der Waals surface area (Å²) in [6.45, 7) is 0. The number of carbonyl (C=O) groups is 1. The Labute approximate surface area is 96.3 Å². The second-order valence-electron chi connectivity index (χ2n) is 2.73. The Morgan fingerprint density at radius 3 is 2.33 bits per heavy atom. The van der Waals surface area contributed by atoms with Gasteiger partial charge in [-0.25, -0.2) is 8.42 Å². The Hall–Kier alpha value is -0.780. The van der Waals surface area contributed by atoms with Crippen molar-refractivity contribution in [2.45, 2.75) is 4.90 Å². The smallest absolute Gasteiger partial charge is 0.319 e. The summed E-state index contributed by atoms with van der Waals surface area (Å²) in [6, 6.07) is 3.65. The molecule has 0 spiro atoms. The molecule has 4 nitrogen and oxygen atoms in total. The summed E-state index contributed by atoms with van der Waals surface area (Å²) in [4.78, 5) is 10.1. The van der Waals surface area contributed by atoms with Crippen molar-refractivity contribution in [2.75, 3.05) is 5.75 Å². The van der Waals surface area contributed by atoms with Gasteiger partial charge in [-0.15, -0.1) is 0 Å². The average Bonchev–Trinajstić information content (AvgIpc) is 2.07. The molecule has 0 saturated carbocycles. The van der Waals surface area contributed by atoms with Crippen LogP contribution in [0.3, 0.4) is 0 Å². The van der Waals surface area contributed by atoms with Crippen molar-refractivity contribution in [3.63, 3.8) is 0 Å². The molecule has 0 unspecified atom stereocenters. The summed E-state index contributed by atoms with van der Waals surface area (Å²) in [5.74, 6) is -2.38. The average molecular weight is 269 g/mol. The van der Waals surface area contributed by atoms with E-state index < -0.39 is 21.6 Å². The molecule has 0 atom stereocenters. The van der Waals surface area contributed by atoms with Crippen LogP contribution in [0.2, 0.25) is 10.0 Å². The minimum Gasteiger partial charge on any atom is -0.480 e. The van der Waals surface area contributed by atoms with E-state index in [9.17, 15) is 13.2 Å². The Morgan fingerprint density at radius 1 is 1.27 bits per heavy atom. The van der Waals surface area contributed by atoms with Crippen molar-refractivity contribution in [3.8, 4) is 0 Å². The molecule has 0 heterocycles. The van der Waals surface area contributed by atoms with Crippen molar-refractivity contribution in [2.24, 2.45) is 0 Å². The zero-order chi connectivity index (χ0) is 11.6. The lowest BCUT2D eigenvalue weighted by molar-refractivity contribution is -0.134. The van der Waals surface area contributed by atoms with Crippen LogP contribution in [0, 0.1) is 0 Å². The largest absolute Gasteiger partial charge is 0.480 e. The lowest BCUT2D eigenvalue weighted by Crippen LogP contribution is -2.15. The number of hydrogen-bond donors (Lipinski definition) is 1. The predicted molar refractivity (Wildman–Crippen MR) is 56.2 cm³/mol. The van der Waals surface area contributed by atoms with E-state index in [1.807, 2.05) is 0 Å². The highest BCUT2D eigenvalue weighted by Crippen LogP contribution is 2.25. The Bertz CT molecular complexity index is 495. The maximum Gasteiger partial charge on any atom is 0.319 e. The van der Waals surface area contributed by atoms with Gasteiger partial charge in [0, 0.05) is 0 Å². The standard InChI is InChI=1S/C8H6Cl2O4S/c9-6-2-1-5(3-7(6)10)15(13,14)4-8(11)12/h1-3H,4H2,(H,11,12). The summed E-state index contributed by atoms with van der Waals surface area (Å²) in [5.41, 5.74) is 0. The summed E-state index contributed by atoms with van der Waals surface area (Å²) >= 11 is 11.2. The van der Waals surface area contributed by atoms with E-state index in [0.717, 1.165) is 6.07 Å². The van der Waals surface area contributed by atoms with Gasteiger partial charge in [0.1, 0.15) is 0 Å². The third kappa shape index (κ3) is 3.09. The van der Waals surface area contributed by atoms with E-state index in [4.69, 9.17) is 28.3 Å². The molecule has 82 valence electrons. The van der Waals surface area contributed by atoms with Crippen LogP contribution in [-0.4, -0.2) is 25.2 Å². The zero-order valence-electron chi connectivity index (χ0n) is 7.28. The first-order valence-electron chi connectivity index (χ1n) is 3.72. The Kier molecular flexibility index (Phi) is 3.59. The minimum atomic E-state index is -3.84. The molecule has 1 rings (SSSR count). The van der Waals surface area contributed by atoms with E-state index in [-0.39, 0.29) is 14.9 Å². The molecule has 1 aromatic carbocycles. The molecule has 0 amide bonds. The van der Waals surface area contributed by atoms with Crippen LogP contribution in [0.4, 0.5) is 0 Å². The second-order valence-corrected chi connectivity index (χ2v) is 5.53. The zero-order valence-corrected chi connectivity index (χ0v) is 9.60. The highest BCUT2D eigenvalue weighted by Gasteiger charge is 2.19. The van der Waals surface area contributed by atoms with Gasteiger partial charge in [-0.3, -0.25) is 4.79 Å². The predicted octanol–water partition coefficient (Wildman–Crippen LogP) is 1.85. The molecule has 0 radical (unpaired) electrons. The lowest BCUT2D eigenvalue weighted by atomic mass is 10.4. The fourth-order valence-corrected chi connectivity index (χ4v) is 2.34. The number of aliphatic carboxylic acids is 1. The van der Waals surface area contributed by atoms with Crippen LogP contribution in [0.25, 0.3) is 0 Å². The van der Waals surface area contributed by atoms with Crippen LogP contribution in [0.5, 0.6) is 0 Å². The third-order valence-corrected chi connectivity index (χ3v) is 3.90. The fourth-order valence-electron chi connectivity index (χ4n) is 0.916. The molecule has 1 N–H and O–H groups in total. The van der Waals surface area contributed by atoms with Crippen LogP contribution < -0.4 is 0 Å². The normalized spacial score (nSPS) is 11.3. The van der Waals surface area contributed by atoms with Gasteiger partial charge in [-0.1, -0.05) is 23.2 Å². The molecule has 0 aliphatic heterocycles. The molecule has 0 saturated heterocycles. The molecular weight excluding hydrogens is 263 g/mol. The van der Waals surface area contributed by atoms with Crippen LogP contribution in [0.15, 0.2) is 23.1 Å². The molecule has 0 aliphatic rings. The molecule has 7 heteroatoms. The quantitative estimate of drug-likeness (QED) is 0.908. The number of rotatable bonds is 3. The minimum absolute atomic E-state index is 0.0723. The molecule has 15 heavy (non-hydrogen) atoms. The van der Waals surface area contributed by atoms with Crippen LogP contribution in [0.1, 0.15) is 0 Å². The summed E-state index contributed by atoms with van der Waals surface area (Å²) < 4.78 is 22.8. The van der Waals surface area contributed by atoms with E-state index >= 15 is 0 Å². The molecule has 0 aliphatic carbocycles. The summed E-state index contributed by atoms with van der Waals surface area (Å²) in [7, 11) is -3.84. The van der Waals surface area contributed by atoms with Crippen molar-refractivity contribution >= 4 is 39.0 Å². The van der Waals surface area contributed by atoms with Gasteiger partial charge in [0.15, 0.2) is 15.6 Å². The van der Waals surface area contributed by atoms with Gasteiger partial charge >= 0.3 is 5.97 Å². The van der Waals surface area contributed by atoms with Gasteiger partial charge in [-0.2, -0.15) is 0 Å². The first-order chi connectivity index (χ1) is 6.83. The number of halogens is 2. The van der Waals surface area contributed by atoms with E-state index in [2.05, 4.69) is 0 Å². The van der Waals surface area contributed by atoms with E-state index in [0.29, 0.717) is 0 Å². The number of benzene rings is 1. The molecular formula is C8H6Cl2O4S. The number of carboxylic acids is 1. The second kappa shape index (κ2) is 4.38. The van der Waals surface area contributed by atoms with Crippen molar-refractivity contribution < 1.29 is 18.3 Å². The first-order valence-corrected chi connectivity index (χ1v) is 6.13.